The first kappa shape index (κ1) is 15.5. The average Bonchev–Trinajstić information content (AvgIpc) is 2.25. The van der Waals surface area contributed by atoms with Gasteiger partial charge in [-0.1, -0.05) is 23.7 Å². The monoisotopic (exact) mass is 320 g/mol. The SMILES string of the molecule is C[C@]1(Cl)CN(Cc2ccc([N+](=O)[O-])cc2)C[C@](F)(Cl)C1. The van der Waals surface area contributed by atoms with Gasteiger partial charge < -0.3 is 0 Å². The Labute approximate surface area is 126 Å². The lowest BCUT2D eigenvalue weighted by atomic mass is 9.97. The van der Waals surface area contributed by atoms with E-state index in [0.717, 1.165) is 5.56 Å². The summed E-state index contributed by atoms with van der Waals surface area (Å²) in [7, 11) is 0. The molecule has 1 saturated heterocycles. The molecule has 1 fully saturated rings. The van der Waals surface area contributed by atoms with Gasteiger partial charge in [-0.3, -0.25) is 15.0 Å². The van der Waals surface area contributed by atoms with Crippen LogP contribution < -0.4 is 0 Å². The fraction of sp³-hybridized carbons (Fsp3) is 0.538. The highest BCUT2D eigenvalue weighted by Gasteiger charge is 2.43. The first-order chi connectivity index (χ1) is 9.17. The molecule has 2 rings (SSSR count). The van der Waals surface area contributed by atoms with Gasteiger partial charge in [0.05, 0.1) is 9.80 Å². The highest BCUT2D eigenvalue weighted by molar-refractivity contribution is 6.27. The van der Waals surface area contributed by atoms with E-state index in [4.69, 9.17) is 23.2 Å². The van der Waals surface area contributed by atoms with E-state index in [1.807, 2.05) is 4.90 Å². The maximum absolute atomic E-state index is 14.0. The third-order valence-corrected chi connectivity index (χ3v) is 3.70. The zero-order valence-electron chi connectivity index (χ0n) is 11.0. The van der Waals surface area contributed by atoms with Crippen molar-refractivity contribution in [1.82, 2.24) is 4.90 Å². The van der Waals surface area contributed by atoms with Crippen LogP contribution in [0.5, 0.6) is 0 Å². The Morgan fingerprint density at radius 3 is 2.45 bits per heavy atom. The summed E-state index contributed by atoms with van der Waals surface area (Å²) >= 11 is 12.0. The van der Waals surface area contributed by atoms with Crippen molar-refractivity contribution >= 4 is 28.9 Å². The molecule has 0 unspecified atom stereocenters. The minimum Gasteiger partial charge on any atom is -0.293 e. The number of hydrogen-bond acceptors (Lipinski definition) is 3. The minimum absolute atomic E-state index is 0.0340. The summed E-state index contributed by atoms with van der Waals surface area (Å²) in [6.07, 6.45) is 0.0971. The summed E-state index contributed by atoms with van der Waals surface area (Å²) in [5.41, 5.74) is 0.893. The molecule has 1 aliphatic rings. The number of nitro groups is 1. The second-order valence-electron chi connectivity index (χ2n) is 5.51. The fourth-order valence-corrected chi connectivity index (χ4v) is 3.51. The molecule has 0 saturated carbocycles. The molecule has 1 aromatic rings. The standard InChI is InChI=1S/C13H15Cl2FN2O2/c1-12(14)7-13(15,16)9-17(8-12)6-10-2-4-11(5-3-10)18(19)20/h2-5H,6-9H2,1H3/t12-,13+/m1/s1. The predicted molar refractivity (Wildman–Crippen MR) is 76.9 cm³/mol. The van der Waals surface area contributed by atoms with E-state index in [2.05, 4.69) is 0 Å². The van der Waals surface area contributed by atoms with Crippen molar-refractivity contribution in [1.29, 1.82) is 0 Å². The van der Waals surface area contributed by atoms with Crippen molar-refractivity contribution in [3.8, 4) is 0 Å². The molecule has 1 heterocycles. The normalized spacial score (nSPS) is 31.2. The van der Waals surface area contributed by atoms with Crippen molar-refractivity contribution in [2.75, 3.05) is 13.1 Å². The Hall–Kier alpha value is -0.910. The van der Waals surface area contributed by atoms with Gasteiger partial charge >= 0.3 is 0 Å². The van der Waals surface area contributed by atoms with E-state index < -0.39 is 14.9 Å². The van der Waals surface area contributed by atoms with Crippen molar-refractivity contribution < 1.29 is 9.31 Å². The number of alkyl halides is 3. The molecular weight excluding hydrogens is 306 g/mol. The number of benzene rings is 1. The van der Waals surface area contributed by atoms with Gasteiger partial charge in [-0.15, -0.1) is 11.6 Å². The van der Waals surface area contributed by atoms with Gasteiger partial charge in [0.25, 0.3) is 5.69 Å². The Morgan fingerprint density at radius 1 is 1.35 bits per heavy atom. The molecule has 0 radical (unpaired) electrons. The van der Waals surface area contributed by atoms with Crippen LogP contribution in [0, 0.1) is 10.1 Å². The van der Waals surface area contributed by atoms with Crippen LogP contribution in [-0.4, -0.2) is 32.9 Å². The van der Waals surface area contributed by atoms with Crippen molar-refractivity contribution in [2.24, 2.45) is 0 Å². The molecule has 110 valence electrons. The van der Waals surface area contributed by atoms with Crippen LogP contribution in [0.3, 0.4) is 0 Å². The van der Waals surface area contributed by atoms with Gasteiger partial charge in [0.2, 0.25) is 0 Å². The number of non-ortho nitro benzene ring substituents is 1. The molecule has 0 bridgehead atoms. The molecule has 7 heteroatoms. The quantitative estimate of drug-likeness (QED) is 0.484. The van der Waals surface area contributed by atoms with E-state index in [9.17, 15) is 14.5 Å². The molecule has 4 nitrogen and oxygen atoms in total. The first-order valence-electron chi connectivity index (χ1n) is 6.19. The Balaban J connectivity index is 2.07. The largest absolute Gasteiger partial charge is 0.293 e. The summed E-state index contributed by atoms with van der Waals surface area (Å²) < 4.78 is 14.0. The van der Waals surface area contributed by atoms with Gasteiger partial charge in [0.15, 0.2) is 5.13 Å². The molecule has 0 aromatic heterocycles. The number of nitro benzene ring substituents is 1. The van der Waals surface area contributed by atoms with E-state index in [1.165, 1.54) is 12.1 Å². The van der Waals surface area contributed by atoms with Gasteiger partial charge in [0, 0.05) is 38.2 Å². The number of halogens is 3. The van der Waals surface area contributed by atoms with Crippen LogP contribution in [0.1, 0.15) is 18.9 Å². The lowest BCUT2D eigenvalue weighted by Gasteiger charge is -2.41. The lowest BCUT2D eigenvalue weighted by molar-refractivity contribution is -0.384. The Bertz CT molecular complexity index is 490. The second kappa shape index (κ2) is 5.47. The van der Waals surface area contributed by atoms with E-state index in [0.29, 0.717) is 13.1 Å². The second-order valence-corrected chi connectivity index (χ2v) is 7.10. The minimum atomic E-state index is -1.84. The van der Waals surface area contributed by atoms with E-state index in [-0.39, 0.29) is 18.7 Å². The van der Waals surface area contributed by atoms with Crippen LogP contribution in [0.4, 0.5) is 10.1 Å². The Morgan fingerprint density at radius 2 is 1.95 bits per heavy atom. The van der Waals surface area contributed by atoms with Crippen LogP contribution >= 0.6 is 23.2 Å². The topological polar surface area (TPSA) is 46.4 Å². The smallest absolute Gasteiger partial charge is 0.269 e. The van der Waals surface area contributed by atoms with Crippen molar-refractivity contribution in [2.45, 2.75) is 29.9 Å². The van der Waals surface area contributed by atoms with E-state index >= 15 is 0 Å². The summed E-state index contributed by atoms with van der Waals surface area (Å²) in [4.78, 5) is 11.2. The van der Waals surface area contributed by atoms with Crippen molar-refractivity contribution in [3.63, 3.8) is 0 Å². The summed E-state index contributed by atoms with van der Waals surface area (Å²) in [6.45, 7) is 2.82. The zero-order chi connectivity index (χ0) is 15.0. The molecule has 1 aromatic carbocycles. The van der Waals surface area contributed by atoms with Crippen LogP contribution in [-0.2, 0) is 6.54 Å². The van der Waals surface area contributed by atoms with Gasteiger partial charge in [-0.2, -0.15) is 0 Å². The van der Waals surface area contributed by atoms with Crippen LogP contribution in [0.15, 0.2) is 24.3 Å². The summed E-state index contributed by atoms with van der Waals surface area (Å²) in [5.74, 6) is 0. The third-order valence-electron chi connectivity index (χ3n) is 3.19. The van der Waals surface area contributed by atoms with E-state index in [1.54, 1.807) is 19.1 Å². The molecule has 0 amide bonds. The zero-order valence-corrected chi connectivity index (χ0v) is 12.5. The number of nitrogens with zero attached hydrogens (tertiary/aromatic N) is 2. The molecular formula is C13H15Cl2FN2O2. The molecule has 0 spiro atoms. The van der Waals surface area contributed by atoms with Gasteiger partial charge in [-0.05, 0) is 12.5 Å². The number of hydrogen-bond donors (Lipinski definition) is 0. The highest BCUT2D eigenvalue weighted by Crippen LogP contribution is 2.38. The maximum Gasteiger partial charge on any atom is 0.269 e. The van der Waals surface area contributed by atoms with Gasteiger partial charge in [0.1, 0.15) is 0 Å². The molecule has 20 heavy (non-hydrogen) atoms. The third kappa shape index (κ3) is 4.04. The molecule has 1 aliphatic heterocycles. The first-order valence-corrected chi connectivity index (χ1v) is 6.95. The lowest BCUT2D eigenvalue weighted by Crippen LogP contribution is -2.51. The van der Waals surface area contributed by atoms with Gasteiger partial charge in [-0.25, -0.2) is 4.39 Å². The van der Waals surface area contributed by atoms with Crippen LogP contribution in [0.25, 0.3) is 0 Å². The summed E-state index contributed by atoms with van der Waals surface area (Å²) in [5, 5.41) is 8.75. The molecule has 0 N–H and O–H groups in total. The number of rotatable bonds is 3. The molecule has 2 atom stereocenters. The predicted octanol–water partition coefficient (Wildman–Crippen LogP) is 3.70. The maximum atomic E-state index is 14.0. The van der Waals surface area contributed by atoms with Crippen molar-refractivity contribution in [3.05, 3.63) is 39.9 Å². The number of likely N-dealkylation sites (tertiary alicyclic amines) is 1. The highest BCUT2D eigenvalue weighted by atomic mass is 35.5. The number of piperidine rings is 1. The van der Waals surface area contributed by atoms with Crippen LogP contribution in [0.2, 0.25) is 0 Å². The molecule has 0 aliphatic carbocycles. The average molecular weight is 321 g/mol. The Kier molecular flexibility index (Phi) is 4.23. The fourth-order valence-electron chi connectivity index (χ4n) is 2.59. The summed E-state index contributed by atoms with van der Waals surface area (Å²) in [6, 6.07) is 6.18.